The Morgan fingerprint density at radius 1 is 1.00 bits per heavy atom. The zero-order valence-electron chi connectivity index (χ0n) is 12.9. The molecule has 114 valence electrons. The smallest absolute Gasteiger partial charge is 0.230 e. The summed E-state index contributed by atoms with van der Waals surface area (Å²) < 4.78 is 5.45. The van der Waals surface area contributed by atoms with Crippen LogP contribution in [0.5, 0.6) is 5.75 Å². The summed E-state index contributed by atoms with van der Waals surface area (Å²) in [6.45, 7) is 0.911. The van der Waals surface area contributed by atoms with Crippen LogP contribution < -0.4 is 9.64 Å². The second kappa shape index (κ2) is 5.72. The minimum absolute atomic E-state index is 0.735. The van der Waals surface area contributed by atoms with Crippen molar-refractivity contribution in [2.75, 3.05) is 18.6 Å². The van der Waals surface area contributed by atoms with Crippen LogP contribution in [0, 0.1) is 0 Å². The Morgan fingerprint density at radius 2 is 1.83 bits per heavy atom. The van der Waals surface area contributed by atoms with Gasteiger partial charge in [-0.25, -0.2) is 9.97 Å². The fourth-order valence-corrected chi connectivity index (χ4v) is 3.03. The molecule has 0 unspecified atom stereocenters. The number of hydrogen-bond acceptors (Lipinski definition) is 4. The highest BCUT2D eigenvalue weighted by Crippen LogP contribution is 2.34. The van der Waals surface area contributed by atoms with E-state index < -0.39 is 0 Å². The Morgan fingerprint density at radius 3 is 2.74 bits per heavy atom. The summed E-state index contributed by atoms with van der Waals surface area (Å²) in [5.74, 6) is 1.55. The van der Waals surface area contributed by atoms with E-state index in [0.29, 0.717) is 0 Å². The molecule has 0 amide bonds. The molecule has 4 rings (SSSR count). The maximum atomic E-state index is 5.45. The van der Waals surface area contributed by atoms with Gasteiger partial charge in [-0.15, -0.1) is 0 Å². The summed E-state index contributed by atoms with van der Waals surface area (Å²) >= 11 is 0. The molecule has 2 heterocycles. The van der Waals surface area contributed by atoms with Crippen LogP contribution in [0.2, 0.25) is 0 Å². The number of rotatable bonds is 3. The number of ether oxygens (including phenoxy) is 1. The first-order chi connectivity index (χ1) is 11.4. The molecule has 0 radical (unpaired) electrons. The predicted molar refractivity (Wildman–Crippen MR) is 91.2 cm³/mol. The van der Waals surface area contributed by atoms with E-state index in [1.54, 1.807) is 7.11 Å². The van der Waals surface area contributed by atoms with Gasteiger partial charge in [0, 0.05) is 24.0 Å². The Bertz CT molecular complexity index is 847. The van der Waals surface area contributed by atoms with Crippen molar-refractivity contribution in [3.8, 4) is 17.0 Å². The fourth-order valence-electron chi connectivity index (χ4n) is 3.03. The third kappa shape index (κ3) is 2.42. The quantitative estimate of drug-likeness (QED) is 0.736. The molecule has 0 N–H and O–H groups in total. The van der Waals surface area contributed by atoms with Crippen molar-refractivity contribution in [2.45, 2.75) is 6.42 Å². The van der Waals surface area contributed by atoms with Crippen molar-refractivity contribution in [1.29, 1.82) is 0 Å². The molecule has 2 aromatic carbocycles. The van der Waals surface area contributed by atoms with E-state index in [1.165, 1.54) is 11.3 Å². The van der Waals surface area contributed by atoms with E-state index in [4.69, 9.17) is 9.72 Å². The summed E-state index contributed by atoms with van der Waals surface area (Å²) in [7, 11) is 1.68. The molecule has 0 bridgehead atoms. The first kappa shape index (κ1) is 13.8. The molecule has 1 aliphatic heterocycles. The second-order valence-electron chi connectivity index (χ2n) is 5.47. The van der Waals surface area contributed by atoms with E-state index in [2.05, 4.69) is 34.1 Å². The molecule has 0 atom stereocenters. The van der Waals surface area contributed by atoms with Crippen LogP contribution in [0.15, 0.2) is 60.8 Å². The molecule has 0 saturated heterocycles. The number of methoxy groups -OCH3 is 1. The van der Waals surface area contributed by atoms with E-state index >= 15 is 0 Å². The molecular formula is C19H17N3O. The number of fused-ring (bicyclic) bond motifs is 1. The summed E-state index contributed by atoms with van der Waals surface area (Å²) in [6.07, 6.45) is 2.84. The number of para-hydroxylation sites is 2. The maximum absolute atomic E-state index is 5.45. The normalized spacial score (nSPS) is 13.0. The summed E-state index contributed by atoms with van der Waals surface area (Å²) in [5.41, 5.74) is 4.39. The number of benzene rings is 2. The highest BCUT2D eigenvalue weighted by Gasteiger charge is 2.22. The molecule has 4 heteroatoms. The van der Waals surface area contributed by atoms with Crippen LogP contribution in [0.1, 0.15) is 5.56 Å². The molecule has 1 aromatic heterocycles. The largest absolute Gasteiger partial charge is 0.496 e. The topological polar surface area (TPSA) is 38.2 Å². The minimum atomic E-state index is 0.735. The van der Waals surface area contributed by atoms with Gasteiger partial charge in [-0.1, -0.05) is 30.3 Å². The first-order valence-electron chi connectivity index (χ1n) is 7.69. The molecule has 23 heavy (non-hydrogen) atoms. The van der Waals surface area contributed by atoms with E-state index in [9.17, 15) is 0 Å². The van der Waals surface area contributed by atoms with Gasteiger partial charge >= 0.3 is 0 Å². The SMILES string of the molecule is COc1ccccc1-c1ccnc(N2CCc3ccccc32)n1. The zero-order valence-corrected chi connectivity index (χ0v) is 12.9. The van der Waals surface area contributed by atoms with Crippen LogP contribution in [-0.4, -0.2) is 23.6 Å². The molecule has 0 spiro atoms. The van der Waals surface area contributed by atoms with Gasteiger partial charge in [0.1, 0.15) is 5.75 Å². The van der Waals surface area contributed by atoms with Gasteiger partial charge in [0.2, 0.25) is 5.95 Å². The standard InChI is InChI=1S/C19H17N3O/c1-23-18-9-5-3-7-15(18)16-10-12-20-19(21-16)22-13-11-14-6-2-4-8-17(14)22/h2-10,12H,11,13H2,1H3. The van der Waals surface area contributed by atoms with Gasteiger partial charge in [0.25, 0.3) is 0 Å². The Hall–Kier alpha value is -2.88. The van der Waals surface area contributed by atoms with Gasteiger partial charge in [0.15, 0.2) is 0 Å². The second-order valence-corrected chi connectivity index (χ2v) is 5.47. The summed E-state index contributed by atoms with van der Waals surface area (Å²) in [4.78, 5) is 11.4. The first-order valence-corrected chi connectivity index (χ1v) is 7.69. The van der Waals surface area contributed by atoms with Crippen LogP contribution in [0.4, 0.5) is 11.6 Å². The Labute approximate surface area is 135 Å². The third-order valence-corrected chi connectivity index (χ3v) is 4.15. The molecule has 0 fully saturated rings. The number of hydrogen-bond donors (Lipinski definition) is 0. The van der Waals surface area contributed by atoms with Crippen LogP contribution in [0.25, 0.3) is 11.3 Å². The van der Waals surface area contributed by atoms with Crippen LogP contribution in [0.3, 0.4) is 0 Å². The lowest BCUT2D eigenvalue weighted by Gasteiger charge is -2.18. The van der Waals surface area contributed by atoms with Crippen molar-refractivity contribution >= 4 is 11.6 Å². The van der Waals surface area contributed by atoms with Crippen molar-refractivity contribution < 1.29 is 4.74 Å². The molecule has 0 saturated carbocycles. The van der Waals surface area contributed by atoms with Gasteiger partial charge in [-0.2, -0.15) is 0 Å². The van der Waals surface area contributed by atoms with Crippen molar-refractivity contribution in [3.63, 3.8) is 0 Å². The molecule has 3 aromatic rings. The average molecular weight is 303 g/mol. The molecular weight excluding hydrogens is 286 g/mol. The summed E-state index contributed by atoms with van der Waals surface area (Å²) in [6, 6.07) is 18.3. The molecule has 4 nitrogen and oxygen atoms in total. The van der Waals surface area contributed by atoms with E-state index in [1.807, 2.05) is 36.5 Å². The highest BCUT2D eigenvalue weighted by molar-refractivity contribution is 5.70. The number of aromatic nitrogens is 2. The Kier molecular flexibility index (Phi) is 3.42. The molecule has 1 aliphatic rings. The van der Waals surface area contributed by atoms with E-state index in [-0.39, 0.29) is 0 Å². The monoisotopic (exact) mass is 303 g/mol. The van der Waals surface area contributed by atoms with Crippen molar-refractivity contribution in [2.24, 2.45) is 0 Å². The average Bonchev–Trinajstić information content (AvgIpc) is 3.06. The van der Waals surface area contributed by atoms with Crippen molar-refractivity contribution in [1.82, 2.24) is 9.97 Å². The molecule has 0 aliphatic carbocycles. The summed E-state index contributed by atoms with van der Waals surface area (Å²) in [5, 5.41) is 0. The third-order valence-electron chi connectivity index (χ3n) is 4.15. The number of nitrogens with zero attached hydrogens (tertiary/aromatic N) is 3. The van der Waals surface area contributed by atoms with Crippen LogP contribution in [-0.2, 0) is 6.42 Å². The number of anilines is 2. The zero-order chi connectivity index (χ0) is 15.6. The van der Waals surface area contributed by atoms with Gasteiger partial charge in [-0.05, 0) is 36.2 Å². The van der Waals surface area contributed by atoms with E-state index in [0.717, 1.165) is 35.9 Å². The lowest BCUT2D eigenvalue weighted by Crippen LogP contribution is -2.16. The van der Waals surface area contributed by atoms with Gasteiger partial charge in [0.05, 0.1) is 12.8 Å². The van der Waals surface area contributed by atoms with Gasteiger partial charge in [-0.3, -0.25) is 0 Å². The Balaban J connectivity index is 1.76. The van der Waals surface area contributed by atoms with Crippen molar-refractivity contribution in [3.05, 3.63) is 66.4 Å². The van der Waals surface area contributed by atoms with Crippen LogP contribution >= 0.6 is 0 Å². The minimum Gasteiger partial charge on any atom is -0.496 e. The fraction of sp³-hybridized carbons (Fsp3) is 0.158. The van der Waals surface area contributed by atoms with Gasteiger partial charge < -0.3 is 9.64 Å². The lowest BCUT2D eigenvalue weighted by atomic mass is 10.1. The highest BCUT2D eigenvalue weighted by atomic mass is 16.5. The lowest BCUT2D eigenvalue weighted by molar-refractivity contribution is 0.416. The predicted octanol–water partition coefficient (Wildman–Crippen LogP) is 3.85. The maximum Gasteiger partial charge on any atom is 0.230 e.